The number of carbonyl (C=O) groups excluding carboxylic acids is 1. The number of ketones is 1. The predicted octanol–water partition coefficient (Wildman–Crippen LogP) is 2.01. The molecule has 1 N–H and O–H groups in total. The van der Waals surface area contributed by atoms with Gasteiger partial charge in [-0.1, -0.05) is 27.7 Å². The van der Waals surface area contributed by atoms with E-state index in [1.807, 2.05) is 13.8 Å². The lowest BCUT2D eigenvalue weighted by Crippen LogP contribution is -2.29. The Labute approximate surface area is 75.0 Å². The van der Waals surface area contributed by atoms with Crippen LogP contribution in [0.5, 0.6) is 0 Å². The second kappa shape index (κ2) is 4.61. The maximum Gasteiger partial charge on any atom is 0.138 e. The number of aliphatic hydroxyl groups excluding tert-OH is 1. The first-order valence-corrected chi connectivity index (χ1v) is 4.57. The number of carbonyl (C=O) groups is 1. The van der Waals surface area contributed by atoms with Gasteiger partial charge in [0.15, 0.2) is 0 Å². The lowest BCUT2D eigenvalue weighted by Gasteiger charge is -2.27. The minimum absolute atomic E-state index is 0.111. The Hall–Kier alpha value is -0.370. The molecule has 0 spiro atoms. The zero-order chi connectivity index (χ0) is 9.78. The standard InChI is InChI=1S/C10H20O2/c1-8(2)10(3,4)9(12)6-5-7-11/h8,11H,5-7H2,1-4H3. The topological polar surface area (TPSA) is 37.3 Å². The van der Waals surface area contributed by atoms with Crippen LogP contribution < -0.4 is 0 Å². The number of aliphatic hydroxyl groups is 1. The molecule has 0 saturated carbocycles. The first-order valence-electron chi connectivity index (χ1n) is 4.57. The molecule has 0 atom stereocenters. The van der Waals surface area contributed by atoms with Crippen LogP contribution in [0.1, 0.15) is 40.5 Å². The highest BCUT2D eigenvalue weighted by atomic mass is 16.3. The van der Waals surface area contributed by atoms with Crippen LogP contribution in [0, 0.1) is 11.3 Å². The molecule has 0 heterocycles. The van der Waals surface area contributed by atoms with Crippen molar-refractivity contribution in [2.75, 3.05) is 6.61 Å². The first-order chi connectivity index (χ1) is 5.42. The van der Waals surface area contributed by atoms with E-state index in [2.05, 4.69) is 13.8 Å². The van der Waals surface area contributed by atoms with Gasteiger partial charge in [-0.3, -0.25) is 4.79 Å². The molecule has 0 radical (unpaired) electrons. The maximum absolute atomic E-state index is 11.6. The number of Topliss-reactive ketones (excluding diaryl/α,β-unsaturated/α-hetero) is 1. The normalized spacial score (nSPS) is 12.2. The number of hydrogen-bond donors (Lipinski definition) is 1. The van der Waals surface area contributed by atoms with E-state index in [0.29, 0.717) is 18.8 Å². The summed E-state index contributed by atoms with van der Waals surface area (Å²) in [7, 11) is 0. The Morgan fingerprint density at radius 1 is 1.42 bits per heavy atom. The Morgan fingerprint density at radius 3 is 2.25 bits per heavy atom. The average Bonchev–Trinajstić information content (AvgIpc) is 1.99. The molecule has 12 heavy (non-hydrogen) atoms. The van der Waals surface area contributed by atoms with Crippen LogP contribution in [0.2, 0.25) is 0 Å². The summed E-state index contributed by atoms with van der Waals surface area (Å²) in [5.74, 6) is 0.621. The van der Waals surface area contributed by atoms with E-state index < -0.39 is 0 Å². The van der Waals surface area contributed by atoms with Crippen LogP contribution in [0.15, 0.2) is 0 Å². The van der Waals surface area contributed by atoms with Gasteiger partial charge in [0.2, 0.25) is 0 Å². The zero-order valence-electron chi connectivity index (χ0n) is 8.55. The summed E-state index contributed by atoms with van der Waals surface area (Å²) in [4.78, 5) is 11.6. The highest BCUT2D eigenvalue weighted by Gasteiger charge is 2.29. The number of hydrogen-bond acceptors (Lipinski definition) is 2. The summed E-state index contributed by atoms with van der Waals surface area (Å²) < 4.78 is 0. The van der Waals surface area contributed by atoms with E-state index in [1.54, 1.807) is 0 Å². The second-order valence-corrected chi connectivity index (χ2v) is 4.13. The lowest BCUT2D eigenvalue weighted by molar-refractivity contribution is -0.129. The van der Waals surface area contributed by atoms with Gasteiger partial charge in [-0.25, -0.2) is 0 Å². The third kappa shape index (κ3) is 2.94. The Kier molecular flexibility index (Phi) is 4.46. The van der Waals surface area contributed by atoms with Gasteiger partial charge in [0, 0.05) is 18.4 Å². The summed E-state index contributed by atoms with van der Waals surface area (Å²) in [6, 6.07) is 0. The fourth-order valence-electron chi connectivity index (χ4n) is 0.884. The summed E-state index contributed by atoms with van der Waals surface area (Å²) in [5.41, 5.74) is -0.241. The second-order valence-electron chi connectivity index (χ2n) is 4.13. The van der Waals surface area contributed by atoms with E-state index in [-0.39, 0.29) is 17.8 Å². The Bertz CT molecular complexity index is 148. The fraction of sp³-hybridized carbons (Fsp3) is 0.900. The van der Waals surface area contributed by atoms with Gasteiger partial charge in [-0.15, -0.1) is 0 Å². The Balaban J connectivity index is 4.07. The monoisotopic (exact) mass is 172 g/mol. The Morgan fingerprint density at radius 2 is 1.92 bits per heavy atom. The van der Waals surface area contributed by atoms with E-state index in [0.717, 1.165) is 0 Å². The maximum atomic E-state index is 11.6. The quantitative estimate of drug-likeness (QED) is 0.688. The van der Waals surface area contributed by atoms with Crippen molar-refractivity contribution in [3.05, 3.63) is 0 Å². The summed E-state index contributed by atoms with van der Waals surface area (Å²) in [5, 5.41) is 8.57. The van der Waals surface area contributed by atoms with Gasteiger partial charge >= 0.3 is 0 Å². The van der Waals surface area contributed by atoms with E-state index in [4.69, 9.17) is 5.11 Å². The van der Waals surface area contributed by atoms with Crippen LogP contribution in [0.4, 0.5) is 0 Å². The molecular formula is C10H20O2. The molecule has 0 aromatic carbocycles. The highest BCUT2D eigenvalue weighted by molar-refractivity contribution is 5.84. The van der Waals surface area contributed by atoms with Gasteiger partial charge in [-0.05, 0) is 12.3 Å². The van der Waals surface area contributed by atoms with Crippen molar-refractivity contribution < 1.29 is 9.90 Å². The molecular weight excluding hydrogens is 152 g/mol. The molecule has 2 heteroatoms. The zero-order valence-corrected chi connectivity index (χ0v) is 8.55. The van der Waals surface area contributed by atoms with Gasteiger partial charge in [-0.2, -0.15) is 0 Å². The van der Waals surface area contributed by atoms with E-state index >= 15 is 0 Å². The van der Waals surface area contributed by atoms with Crippen molar-refractivity contribution in [3.8, 4) is 0 Å². The molecule has 0 rings (SSSR count). The number of rotatable bonds is 5. The molecule has 0 aliphatic carbocycles. The third-order valence-corrected chi connectivity index (χ3v) is 2.72. The molecule has 0 fully saturated rings. The molecule has 0 aliphatic heterocycles. The highest BCUT2D eigenvalue weighted by Crippen LogP contribution is 2.28. The molecule has 0 amide bonds. The van der Waals surface area contributed by atoms with Gasteiger partial charge in [0.05, 0.1) is 0 Å². The van der Waals surface area contributed by atoms with Crippen molar-refractivity contribution >= 4 is 5.78 Å². The lowest BCUT2D eigenvalue weighted by atomic mass is 9.76. The summed E-state index contributed by atoms with van der Waals surface area (Å²) in [6.45, 7) is 8.16. The molecule has 0 aliphatic rings. The first kappa shape index (κ1) is 11.6. The van der Waals surface area contributed by atoms with Crippen LogP contribution in [0.3, 0.4) is 0 Å². The molecule has 72 valence electrons. The summed E-state index contributed by atoms with van der Waals surface area (Å²) in [6.07, 6.45) is 1.09. The average molecular weight is 172 g/mol. The van der Waals surface area contributed by atoms with Crippen LogP contribution in [-0.2, 0) is 4.79 Å². The molecule has 2 nitrogen and oxygen atoms in total. The van der Waals surface area contributed by atoms with Crippen LogP contribution in [0.25, 0.3) is 0 Å². The van der Waals surface area contributed by atoms with E-state index in [1.165, 1.54) is 0 Å². The van der Waals surface area contributed by atoms with Crippen molar-refractivity contribution in [3.63, 3.8) is 0 Å². The SMILES string of the molecule is CC(C)C(C)(C)C(=O)CCCO. The van der Waals surface area contributed by atoms with Crippen LogP contribution >= 0.6 is 0 Å². The van der Waals surface area contributed by atoms with Crippen molar-refractivity contribution in [1.29, 1.82) is 0 Å². The molecule has 0 bridgehead atoms. The molecule has 0 aromatic rings. The van der Waals surface area contributed by atoms with Gasteiger partial charge in [0.1, 0.15) is 5.78 Å². The van der Waals surface area contributed by atoms with E-state index in [9.17, 15) is 4.79 Å². The molecule has 0 saturated heterocycles. The molecule has 0 aromatic heterocycles. The summed E-state index contributed by atoms with van der Waals surface area (Å²) >= 11 is 0. The van der Waals surface area contributed by atoms with Crippen molar-refractivity contribution in [1.82, 2.24) is 0 Å². The van der Waals surface area contributed by atoms with Gasteiger partial charge < -0.3 is 5.11 Å². The minimum Gasteiger partial charge on any atom is -0.396 e. The van der Waals surface area contributed by atoms with Crippen molar-refractivity contribution in [2.24, 2.45) is 11.3 Å². The smallest absolute Gasteiger partial charge is 0.138 e. The molecule has 0 unspecified atom stereocenters. The van der Waals surface area contributed by atoms with Gasteiger partial charge in [0.25, 0.3) is 0 Å². The largest absolute Gasteiger partial charge is 0.396 e. The van der Waals surface area contributed by atoms with Crippen LogP contribution in [-0.4, -0.2) is 17.5 Å². The third-order valence-electron chi connectivity index (χ3n) is 2.72. The fourth-order valence-corrected chi connectivity index (χ4v) is 0.884. The predicted molar refractivity (Wildman–Crippen MR) is 49.9 cm³/mol. The minimum atomic E-state index is -0.241. The van der Waals surface area contributed by atoms with Crippen molar-refractivity contribution in [2.45, 2.75) is 40.5 Å².